The van der Waals surface area contributed by atoms with Crippen molar-refractivity contribution in [2.24, 2.45) is 5.10 Å². The highest BCUT2D eigenvalue weighted by Gasteiger charge is 2.12. The summed E-state index contributed by atoms with van der Waals surface area (Å²) in [4.78, 5) is 22.4. The number of phenols is 1. The summed E-state index contributed by atoms with van der Waals surface area (Å²) in [5.74, 6) is -0.498. The maximum Gasteiger partial charge on any atom is 0.271 e. The number of nitro benzene ring substituents is 1. The van der Waals surface area contributed by atoms with Gasteiger partial charge in [-0.15, -0.1) is 0 Å². The van der Waals surface area contributed by atoms with Crippen molar-refractivity contribution in [1.82, 2.24) is 5.43 Å². The molecule has 0 aliphatic carbocycles. The number of amides is 1. The minimum Gasteiger partial charge on any atom is -0.507 e. The van der Waals surface area contributed by atoms with Gasteiger partial charge in [0.15, 0.2) is 0 Å². The van der Waals surface area contributed by atoms with Crippen LogP contribution in [0.5, 0.6) is 5.75 Å². The van der Waals surface area contributed by atoms with Crippen molar-refractivity contribution in [2.75, 3.05) is 0 Å². The Morgan fingerprint density at radius 1 is 1.12 bits per heavy atom. The number of hydrazone groups is 1. The summed E-state index contributed by atoms with van der Waals surface area (Å²) in [6.07, 6.45) is 0. The summed E-state index contributed by atoms with van der Waals surface area (Å²) in [6, 6.07) is 16.3. The van der Waals surface area contributed by atoms with Gasteiger partial charge in [-0.25, -0.2) is 5.43 Å². The van der Waals surface area contributed by atoms with Crippen molar-refractivity contribution in [3.63, 3.8) is 0 Å². The third-order valence-corrected chi connectivity index (χ3v) is 3.93. The Morgan fingerprint density at radius 3 is 2.65 bits per heavy atom. The number of hydrogen-bond acceptors (Lipinski definition) is 5. The molecule has 0 saturated carbocycles. The quantitative estimate of drug-likeness (QED) is 0.426. The molecule has 0 bridgehead atoms. The van der Waals surface area contributed by atoms with Crippen LogP contribution in [0.15, 0.2) is 65.8 Å². The van der Waals surface area contributed by atoms with Gasteiger partial charge in [0.05, 0.1) is 10.6 Å². The number of rotatable bonds is 4. The number of carbonyl (C=O) groups excluding carboxylic acids is 1. The van der Waals surface area contributed by atoms with Crippen molar-refractivity contribution in [1.29, 1.82) is 0 Å². The van der Waals surface area contributed by atoms with Crippen LogP contribution in [0.1, 0.15) is 22.8 Å². The number of nitrogens with zero attached hydrogens (tertiary/aromatic N) is 2. The van der Waals surface area contributed by atoms with E-state index in [1.807, 2.05) is 24.3 Å². The number of hydrogen-bond donors (Lipinski definition) is 2. The van der Waals surface area contributed by atoms with Crippen molar-refractivity contribution in [3.05, 3.63) is 81.9 Å². The van der Waals surface area contributed by atoms with Gasteiger partial charge >= 0.3 is 0 Å². The Morgan fingerprint density at radius 2 is 1.88 bits per heavy atom. The minimum absolute atomic E-state index is 0.0777. The van der Waals surface area contributed by atoms with Crippen molar-refractivity contribution in [3.8, 4) is 5.75 Å². The molecule has 7 heteroatoms. The van der Waals surface area contributed by atoms with E-state index in [0.717, 1.165) is 5.39 Å². The molecule has 26 heavy (non-hydrogen) atoms. The number of non-ortho nitro benzene ring substituents is 1. The van der Waals surface area contributed by atoms with E-state index < -0.39 is 10.8 Å². The van der Waals surface area contributed by atoms with Gasteiger partial charge in [-0.1, -0.05) is 36.4 Å². The largest absolute Gasteiger partial charge is 0.507 e. The zero-order chi connectivity index (χ0) is 18.7. The van der Waals surface area contributed by atoms with Crippen LogP contribution in [0.25, 0.3) is 10.8 Å². The van der Waals surface area contributed by atoms with Crippen LogP contribution in [-0.2, 0) is 0 Å². The molecule has 0 heterocycles. The predicted molar refractivity (Wildman–Crippen MR) is 98.4 cm³/mol. The van der Waals surface area contributed by atoms with Crippen molar-refractivity contribution < 1.29 is 14.8 Å². The molecule has 0 radical (unpaired) electrons. The second-order valence-electron chi connectivity index (χ2n) is 5.63. The third kappa shape index (κ3) is 3.36. The van der Waals surface area contributed by atoms with Crippen molar-refractivity contribution >= 4 is 28.1 Å². The van der Waals surface area contributed by atoms with E-state index in [1.54, 1.807) is 19.1 Å². The van der Waals surface area contributed by atoms with E-state index >= 15 is 0 Å². The average Bonchev–Trinajstić information content (AvgIpc) is 2.66. The normalized spacial score (nSPS) is 11.3. The fraction of sp³-hybridized carbons (Fsp3) is 0.0526. The molecule has 130 valence electrons. The fourth-order valence-corrected chi connectivity index (χ4v) is 2.57. The standard InChI is InChI=1S/C19H15N3O4/c1-12(16-10-9-13-5-2-3-8-17(13)18(16)23)20-21-19(24)14-6-4-7-15(11-14)22(25)26/h2-11,23H,1H3,(H,21,24)/b20-12-. The fourth-order valence-electron chi connectivity index (χ4n) is 2.57. The molecule has 1 amide bonds. The first kappa shape index (κ1) is 17.1. The van der Waals surface area contributed by atoms with Gasteiger partial charge < -0.3 is 5.11 Å². The molecule has 0 saturated heterocycles. The number of carbonyl (C=O) groups is 1. The molecule has 3 rings (SSSR count). The molecule has 0 unspecified atom stereocenters. The number of nitrogens with one attached hydrogen (secondary N) is 1. The number of fused-ring (bicyclic) bond motifs is 1. The topological polar surface area (TPSA) is 105 Å². The lowest BCUT2D eigenvalue weighted by molar-refractivity contribution is -0.384. The van der Waals surface area contributed by atoms with Gasteiger partial charge in [-0.2, -0.15) is 5.10 Å². The molecule has 0 atom stereocenters. The third-order valence-electron chi connectivity index (χ3n) is 3.93. The number of nitro groups is 1. The molecule has 2 N–H and O–H groups in total. The van der Waals surface area contributed by atoms with Crippen LogP contribution >= 0.6 is 0 Å². The summed E-state index contributed by atoms with van der Waals surface area (Å²) in [5.41, 5.74) is 3.20. The highest BCUT2D eigenvalue weighted by molar-refractivity contribution is 6.07. The monoisotopic (exact) mass is 349 g/mol. The van der Waals surface area contributed by atoms with E-state index in [9.17, 15) is 20.0 Å². The molecule has 0 aliphatic rings. The predicted octanol–water partition coefficient (Wildman–Crippen LogP) is 3.61. The van der Waals surface area contributed by atoms with Crippen LogP contribution in [0.4, 0.5) is 5.69 Å². The molecular formula is C19H15N3O4. The average molecular weight is 349 g/mol. The first-order valence-corrected chi connectivity index (χ1v) is 7.77. The highest BCUT2D eigenvalue weighted by Crippen LogP contribution is 2.28. The number of phenolic OH excluding ortho intramolecular Hbond substituents is 1. The smallest absolute Gasteiger partial charge is 0.271 e. The first-order valence-electron chi connectivity index (χ1n) is 7.77. The first-order chi connectivity index (χ1) is 12.5. The van der Waals surface area contributed by atoms with E-state index in [2.05, 4.69) is 10.5 Å². The summed E-state index contributed by atoms with van der Waals surface area (Å²) >= 11 is 0. The van der Waals surface area contributed by atoms with E-state index in [1.165, 1.54) is 24.3 Å². The molecule has 3 aromatic carbocycles. The maximum absolute atomic E-state index is 12.1. The number of aromatic hydroxyl groups is 1. The van der Waals surface area contributed by atoms with Gasteiger partial charge in [0.2, 0.25) is 0 Å². The van der Waals surface area contributed by atoms with Gasteiger partial charge in [-0.05, 0) is 24.4 Å². The Bertz CT molecular complexity index is 1040. The van der Waals surface area contributed by atoms with Crippen LogP contribution in [0, 0.1) is 10.1 Å². The lowest BCUT2D eigenvalue weighted by Crippen LogP contribution is -2.19. The van der Waals surface area contributed by atoms with Crippen LogP contribution in [-0.4, -0.2) is 21.6 Å². The van der Waals surface area contributed by atoms with Crippen LogP contribution < -0.4 is 5.43 Å². The van der Waals surface area contributed by atoms with Crippen LogP contribution in [0.3, 0.4) is 0 Å². The summed E-state index contributed by atoms with van der Waals surface area (Å²) < 4.78 is 0. The zero-order valence-electron chi connectivity index (χ0n) is 13.8. The highest BCUT2D eigenvalue weighted by atomic mass is 16.6. The van der Waals surface area contributed by atoms with Crippen LogP contribution in [0.2, 0.25) is 0 Å². The molecule has 3 aromatic rings. The lowest BCUT2D eigenvalue weighted by Gasteiger charge is -2.08. The van der Waals surface area contributed by atoms with Crippen molar-refractivity contribution in [2.45, 2.75) is 6.92 Å². The van der Waals surface area contributed by atoms with Gasteiger partial charge in [0, 0.05) is 28.6 Å². The Balaban J connectivity index is 1.84. The number of benzene rings is 3. The second kappa shape index (κ2) is 7.02. The SMILES string of the molecule is C/C(=N/NC(=O)c1cccc([N+](=O)[O-])c1)c1ccc2ccccc2c1O. The molecule has 0 aromatic heterocycles. The summed E-state index contributed by atoms with van der Waals surface area (Å²) in [7, 11) is 0. The van der Waals surface area contributed by atoms with Gasteiger partial charge in [0.25, 0.3) is 11.6 Å². The van der Waals surface area contributed by atoms with Gasteiger partial charge in [-0.3, -0.25) is 14.9 Å². The Kier molecular flexibility index (Phi) is 4.62. The second-order valence-corrected chi connectivity index (χ2v) is 5.63. The molecule has 0 spiro atoms. The molecule has 7 nitrogen and oxygen atoms in total. The summed E-state index contributed by atoms with van der Waals surface area (Å²) in [6.45, 7) is 1.65. The zero-order valence-corrected chi connectivity index (χ0v) is 13.8. The summed E-state index contributed by atoms with van der Waals surface area (Å²) in [5, 5.41) is 26.8. The molecule has 0 fully saturated rings. The van der Waals surface area contributed by atoms with Gasteiger partial charge in [0.1, 0.15) is 5.75 Å². The Hall–Kier alpha value is -3.74. The van der Waals surface area contributed by atoms with E-state index in [0.29, 0.717) is 16.7 Å². The van der Waals surface area contributed by atoms with E-state index in [4.69, 9.17) is 0 Å². The molecular weight excluding hydrogens is 334 g/mol. The Labute approximate surface area is 148 Å². The minimum atomic E-state index is -0.576. The molecule has 0 aliphatic heterocycles. The van der Waals surface area contributed by atoms with E-state index in [-0.39, 0.29) is 17.0 Å². The maximum atomic E-state index is 12.1. The lowest BCUT2D eigenvalue weighted by atomic mass is 10.0.